The lowest BCUT2D eigenvalue weighted by molar-refractivity contribution is -0.114. The number of hydrogen-bond donors (Lipinski definition) is 1. The van der Waals surface area contributed by atoms with Gasteiger partial charge in [0.1, 0.15) is 0 Å². The molecule has 1 heterocycles. The van der Waals surface area contributed by atoms with Crippen LogP contribution in [0, 0.1) is 12.3 Å². The van der Waals surface area contributed by atoms with Gasteiger partial charge in [-0.2, -0.15) is 0 Å². The van der Waals surface area contributed by atoms with E-state index in [1.165, 1.54) is 11.1 Å². The van der Waals surface area contributed by atoms with Gasteiger partial charge < -0.3 is 10.5 Å². The number of nitrogens with two attached hydrogens (primary N) is 1. The van der Waals surface area contributed by atoms with Crippen molar-refractivity contribution in [1.82, 2.24) is 4.90 Å². The van der Waals surface area contributed by atoms with Crippen molar-refractivity contribution in [3.05, 3.63) is 58.1 Å². The minimum absolute atomic E-state index is 0.189. The maximum absolute atomic E-state index is 11.7. The molecule has 0 saturated heterocycles. The SMILES string of the molecule is C#CCCc1cc(Cl)ccc1[C@@H]1COC/C=C\C(C(N)=O)=C/CN(CCCC)C1. The summed E-state index contributed by atoms with van der Waals surface area (Å²) in [6, 6.07) is 6.05. The molecule has 1 aromatic carbocycles. The average Bonchev–Trinajstić information content (AvgIpc) is 2.75. The molecule has 0 aliphatic carbocycles. The van der Waals surface area contributed by atoms with E-state index in [0.29, 0.717) is 31.8 Å². The minimum atomic E-state index is -0.415. The summed E-state index contributed by atoms with van der Waals surface area (Å²) in [5.41, 5.74) is 8.45. The van der Waals surface area contributed by atoms with Crippen LogP contribution in [0.2, 0.25) is 5.02 Å². The van der Waals surface area contributed by atoms with Crippen LogP contribution in [0.5, 0.6) is 0 Å². The molecule has 0 fully saturated rings. The third-order valence-electron chi connectivity index (χ3n) is 5.07. The predicted molar refractivity (Wildman–Crippen MR) is 120 cm³/mol. The van der Waals surface area contributed by atoms with E-state index in [4.69, 9.17) is 28.5 Å². The number of ether oxygens (including phenoxy) is 1. The Labute approximate surface area is 179 Å². The zero-order chi connectivity index (χ0) is 21.1. The zero-order valence-corrected chi connectivity index (χ0v) is 18.0. The van der Waals surface area contributed by atoms with E-state index >= 15 is 0 Å². The summed E-state index contributed by atoms with van der Waals surface area (Å²) in [6.45, 7) is 5.65. The van der Waals surface area contributed by atoms with Crippen molar-refractivity contribution < 1.29 is 9.53 Å². The summed E-state index contributed by atoms with van der Waals surface area (Å²) >= 11 is 6.25. The highest BCUT2D eigenvalue weighted by Crippen LogP contribution is 2.27. The standard InChI is InChI=1S/C24H31ClN2O2/c1-3-5-8-20-16-22(25)10-11-23(20)21-17-27(13-6-4-2)14-12-19(24(26)28)9-7-15-29-18-21/h1,7,9-12,16,21H,4-6,8,13-15,17-18H2,2H3,(H2,26,28)/b9-7-,19-12+/t21-/m0/s1. The second kappa shape index (κ2) is 12.5. The number of aryl methyl sites for hydroxylation is 1. The maximum Gasteiger partial charge on any atom is 0.248 e. The first-order valence-corrected chi connectivity index (χ1v) is 10.6. The molecule has 1 aromatic rings. The topological polar surface area (TPSA) is 55.6 Å². The van der Waals surface area contributed by atoms with Gasteiger partial charge in [0.15, 0.2) is 0 Å². The molecule has 156 valence electrons. The number of halogens is 1. The van der Waals surface area contributed by atoms with Crippen LogP contribution in [0.1, 0.15) is 43.2 Å². The summed E-state index contributed by atoms with van der Waals surface area (Å²) in [6.07, 6.45) is 14.7. The number of carbonyl (C=O) groups is 1. The van der Waals surface area contributed by atoms with E-state index in [1.807, 2.05) is 24.3 Å². The molecule has 1 atom stereocenters. The normalized spacial score (nSPS) is 21.4. The summed E-state index contributed by atoms with van der Waals surface area (Å²) in [5, 5.41) is 0.721. The number of nitrogens with zero attached hydrogens (tertiary/aromatic N) is 1. The van der Waals surface area contributed by atoms with Crippen molar-refractivity contribution in [2.24, 2.45) is 5.73 Å². The molecular formula is C24H31ClN2O2. The number of carbonyl (C=O) groups excluding carboxylic acids is 1. The molecular weight excluding hydrogens is 384 g/mol. The molecule has 4 nitrogen and oxygen atoms in total. The summed E-state index contributed by atoms with van der Waals surface area (Å²) in [7, 11) is 0. The smallest absolute Gasteiger partial charge is 0.248 e. The lowest BCUT2D eigenvalue weighted by Crippen LogP contribution is -2.32. The number of hydrogen-bond acceptors (Lipinski definition) is 3. The second-order valence-electron chi connectivity index (χ2n) is 7.32. The average molecular weight is 415 g/mol. The number of amides is 1. The Morgan fingerprint density at radius 3 is 3.00 bits per heavy atom. The van der Waals surface area contributed by atoms with E-state index < -0.39 is 5.91 Å². The van der Waals surface area contributed by atoms with E-state index in [0.717, 1.165) is 37.4 Å². The Balaban J connectivity index is 2.32. The maximum atomic E-state index is 11.7. The van der Waals surface area contributed by atoms with E-state index in [9.17, 15) is 4.79 Å². The molecule has 29 heavy (non-hydrogen) atoms. The predicted octanol–water partition coefficient (Wildman–Crippen LogP) is 4.09. The molecule has 0 spiro atoms. The van der Waals surface area contributed by atoms with Crippen molar-refractivity contribution in [2.45, 2.75) is 38.5 Å². The first kappa shape index (κ1) is 23.2. The van der Waals surface area contributed by atoms with Crippen molar-refractivity contribution >= 4 is 17.5 Å². The van der Waals surface area contributed by atoms with Crippen LogP contribution >= 0.6 is 11.6 Å². The second-order valence-corrected chi connectivity index (χ2v) is 7.76. The van der Waals surface area contributed by atoms with Gasteiger partial charge in [0, 0.05) is 36.0 Å². The molecule has 0 radical (unpaired) electrons. The number of rotatable bonds is 7. The number of terminal acetylenes is 1. The van der Waals surface area contributed by atoms with Crippen molar-refractivity contribution in [3.63, 3.8) is 0 Å². The van der Waals surface area contributed by atoms with Gasteiger partial charge in [-0.25, -0.2) is 0 Å². The molecule has 1 aliphatic heterocycles. The van der Waals surface area contributed by atoms with Gasteiger partial charge in [-0.05, 0) is 42.6 Å². The fourth-order valence-corrected chi connectivity index (χ4v) is 3.71. The first-order chi connectivity index (χ1) is 14.0. The molecule has 0 saturated carbocycles. The van der Waals surface area contributed by atoms with Crippen molar-refractivity contribution in [3.8, 4) is 12.3 Å². The van der Waals surface area contributed by atoms with Gasteiger partial charge in [-0.1, -0.05) is 49.2 Å². The van der Waals surface area contributed by atoms with Gasteiger partial charge in [0.2, 0.25) is 5.91 Å². The fourth-order valence-electron chi connectivity index (χ4n) is 3.52. The Hall–Kier alpha value is -2.06. The molecule has 1 aliphatic rings. The third kappa shape index (κ3) is 7.70. The Morgan fingerprint density at radius 2 is 2.28 bits per heavy atom. The fraction of sp³-hybridized carbons (Fsp3) is 0.458. The molecule has 2 rings (SSSR count). The van der Waals surface area contributed by atoms with E-state index in [1.54, 1.807) is 6.08 Å². The number of benzene rings is 1. The van der Waals surface area contributed by atoms with Crippen LogP contribution in [0.3, 0.4) is 0 Å². The Bertz CT molecular complexity index is 780. The lowest BCUT2D eigenvalue weighted by Gasteiger charge is -2.28. The monoisotopic (exact) mass is 414 g/mol. The van der Waals surface area contributed by atoms with Crippen LogP contribution in [0.25, 0.3) is 0 Å². The highest BCUT2D eigenvalue weighted by Gasteiger charge is 2.20. The molecule has 2 N–H and O–H groups in total. The number of primary amides is 1. The van der Waals surface area contributed by atoms with Gasteiger partial charge in [0.25, 0.3) is 0 Å². The minimum Gasteiger partial charge on any atom is -0.377 e. The Kier molecular flexibility index (Phi) is 10.0. The zero-order valence-electron chi connectivity index (χ0n) is 17.2. The quantitative estimate of drug-likeness (QED) is 0.683. The highest BCUT2D eigenvalue weighted by atomic mass is 35.5. The van der Waals surface area contributed by atoms with Crippen molar-refractivity contribution in [1.29, 1.82) is 0 Å². The van der Waals surface area contributed by atoms with Gasteiger partial charge in [-0.15, -0.1) is 12.3 Å². The molecule has 0 bridgehead atoms. The molecule has 1 amide bonds. The van der Waals surface area contributed by atoms with E-state index in [-0.39, 0.29) is 5.92 Å². The molecule has 0 aromatic heterocycles. The summed E-state index contributed by atoms with van der Waals surface area (Å²) in [5.74, 6) is 2.50. The summed E-state index contributed by atoms with van der Waals surface area (Å²) in [4.78, 5) is 14.1. The lowest BCUT2D eigenvalue weighted by atomic mass is 9.91. The van der Waals surface area contributed by atoms with Crippen LogP contribution in [0.4, 0.5) is 0 Å². The first-order valence-electron chi connectivity index (χ1n) is 10.2. The summed E-state index contributed by atoms with van der Waals surface area (Å²) < 4.78 is 5.94. The van der Waals surface area contributed by atoms with E-state index in [2.05, 4.69) is 23.8 Å². The molecule has 0 unspecified atom stereocenters. The van der Waals surface area contributed by atoms with Gasteiger partial charge in [-0.3, -0.25) is 9.69 Å². The molecule has 5 heteroatoms. The number of unbranched alkanes of at least 4 members (excludes halogenated alkanes) is 1. The largest absolute Gasteiger partial charge is 0.377 e. The highest BCUT2D eigenvalue weighted by molar-refractivity contribution is 6.30. The van der Waals surface area contributed by atoms with Crippen molar-refractivity contribution in [2.75, 3.05) is 32.8 Å². The van der Waals surface area contributed by atoms with Crippen LogP contribution < -0.4 is 5.73 Å². The van der Waals surface area contributed by atoms with Crippen LogP contribution in [-0.4, -0.2) is 43.7 Å². The Morgan fingerprint density at radius 1 is 1.45 bits per heavy atom. The van der Waals surface area contributed by atoms with Crippen LogP contribution in [-0.2, 0) is 16.0 Å². The van der Waals surface area contributed by atoms with Crippen LogP contribution in [0.15, 0.2) is 42.0 Å². The third-order valence-corrected chi connectivity index (χ3v) is 5.31. The van der Waals surface area contributed by atoms with Gasteiger partial charge >= 0.3 is 0 Å². The van der Waals surface area contributed by atoms with Gasteiger partial charge in [0.05, 0.1) is 13.2 Å².